The third kappa shape index (κ3) is 7.21. The average Bonchev–Trinajstić information content (AvgIpc) is 2.95. The van der Waals surface area contributed by atoms with Gasteiger partial charge in [-0.15, -0.1) is 0 Å². The van der Waals surface area contributed by atoms with Crippen molar-refractivity contribution in [3.63, 3.8) is 0 Å². The smallest absolute Gasteiger partial charge is 0.310 e. The molecule has 2 rings (SSSR count). The van der Waals surface area contributed by atoms with Crippen molar-refractivity contribution in [3.05, 3.63) is 35.9 Å². The van der Waals surface area contributed by atoms with Gasteiger partial charge in [-0.05, 0) is 59.9 Å². The number of hydrogen-bond donors (Lipinski definition) is 0. The van der Waals surface area contributed by atoms with Crippen LogP contribution in [-0.2, 0) is 24.8 Å². The van der Waals surface area contributed by atoms with E-state index < -0.39 is 23.0 Å². The van der Waals surface area contributed by atoms with Gasteiger partial charge in [-0.3, -0.25) is 9.59 Å². The first-order valence-corrected chi connectivity index (χ1v) is 10.6. The lowest BCUT2D eigenvalue weighted by atomic mass is 9.95. The number of esters is 2. The molecule has 5 heteroatoms. The fourth-order valence-electron chi connectivity index (χ4n) is 3.19. The number of carbonyl (C=O) groups excluding carboxylic acids is 2. The number of thioether (sulfide) groups is 1. The van der Waals surface area contributed by atoms with Crippen LogP contribution in [0.4, 0.5) is 0 Å². The SMILES string of the molecule is CC(C)(C)OC(=O)C1C[C@@H](SCc2ccccc2)C[C@H]1C(=O)OC(C)(C)C. The van der Waals surface area contributed by atoms with Gasteiger partial charge in [-0.2, -0.15) is 11.8 Å². The predicted molar refractivity (Wildman–Crippen MR) is 109 cm³/mol. The molecule has 0 heterocycles. The molecule has 1 aliphatic carbocycles. The molecule has 27 heavy (non-hydrogen) atoms. The Kier molecular flexibility index (Phi) is 7.01. The third-order valence-electron chi connectivity index (χ3n) is 4.27. The number of carbonyl (C=O) groups is 2. The lowest BCUT2D eigenvalue weighted by molar-refractivity contribution is -0.171. The van der Waals surface area contributed by atoms with E-state index in [0.717, 1.165) is 5.75 Å². The molecular weight excluding hydrogens is 360 g/mol. The second kappa shape index (κ2) is 8.68. The lowest BCUT2D eigenvalue weighted by Gasteiger charge is -2.26. The summed E-state index contributed by atoms with van der Waals surface area (Å²) < 4.78 is 11.2. The molecule has 150 valence electrons. The molecule has 0 saturated heterocycles. The van der Waals surface area contributed by atoms with Crippen molar-refractivity contribution in [2.24, 2.45) is 11.8 Å². The van der Waals surface area contributed by atoms with E-state index in [-0.39, 0.29) is 17.2 Å². The van der Waals surface area contributed by atoms with Gasteiger partial charge in [-0.1, -0.05) is 30.3 Å². The van der Waals surface area contributed by atoms with E-state index in [9.17, 15) is 9.59 Å². The van der Waals surface area contributed by atoms with Crippen molar-refractivity contribution in [3.8, 4) is 0 Å². The summed E-state index contributed by atoms with van der Waals surface area (Å²) in [5.74, 6) is -0.588. The van der Waals surface area contributed by atoms with Gasteiger partial charge in [-0.25, -0.2) is 0 Å². The van der Waals surface area contributed by atoms with Crippen molar-refractivity contribution in [1.29, 1.82) is 0 Å². The Morgan fingerprint density at radius 2 is 1.33 bits per heavy atom. The zero-order valence-corrected chi connectivity index (χ0v) is 18.1. The summed E-state index contributed by atoms with van der Waals surface area (Å²) in [6.07, 6.45) is 1.30. The fraction of sp³-hybridized carbons (Fsp3) is 0.636. The minimum atomic E-state index is -0.565. The van der Waals surface area contributed by atoms with Crippen LogP contribution in [0.5, 0.6) is 0 Å². The molecule has 1 aromatic rings. The molecular formula is C22H32O4S. The number of benzene rings is 1. The van der Waals surface area contributed by atoms with Crippen LogP contribution in [0, 0.1) is 11.8 Å². The zero-order valence-electron chi connectivity index (χ0n) is 17.3. The Hall–Kier alpha value is -1.49. The van der Waals surface area contributed by atoms with Gasteiger partial charge in [0.25, 0.3) is 0 Å². The van der Waals surface area contributed by atoms with Crippen molar-refractivity contribution >= 4 is 23.7 Å². The van der Waals surface area contributed by atoms with E-state index in [0.29, 0.717) is 12.8 Å². The summed E-state index contributed by atoms with van der Waals surface area (Å²) >= 11 is 1.80. The molecule has 3 atom stereocenters. The minimum absolute atomic E-state index is 0.236. The summed E-state index contributed by atoms with van der Waals surface area (Å²) in [6, 6.07) is 10.2. The highest BCUT2D eigenvalue weighted by atomic mass is 32.2. The Labute approximate surface area is 167 Å². The average molecular weight is 393 g/mol. The normalized spacial score (nSPS) is 23.1. The molecule has 1 aliphatic rings. The Bertz CT molecular complexity index is 607. The van der Waals surface area contributed by atoms with Crippen molar-refractivity contribution in [2.75, 3.05) is 0 Å². The molecule has 0 spiro atoms. The summed E-state index contributed by atoms with van der Waals surface area (Å²) in [7, 11) is 0. The van der Waals surface area contributed by atoms with Gasteiger partial charge in [0, 0.05) is 11.0 Å². The van der Waals surface area contributed by atoms with Crippen LogP contribution >= 0.6 is 11.8 Å². The molecule has 0 N–H and O–H groups in total. The highest BCUT2D eigenvalue weighted by Gasteiger charge is 2.46. The van der Waals surface area contributed by atoms with Gasteiger partial charge in [0.05, 0.1) is 11.8 Å². The molecule has 4 nitrogen and oxygen atoms in total. The molecule has 1 unspecified atom stereocenters. The molecule has 0 aromatic heterocycles. The second-order valence-corrected chi connectivity index (χ2v) is 10.5. The largest absolute Gasteiger partial charge is 0.460 e. The molecule has 1 saturated carbocycles. The van der Waals surface area contributed by atoms with E-state index >= 15 is 0 Å². The highest BCUT2D eigenvalue weighted by molar-refractivity contribution is 7.99. The number of ether oxygens (including phenoxy) is 2. The van der Waals surface area contributed by atoms with Crippen LogP contribution in [0.2, 0.25) is 0 Å². The molecule has 1 fully saturated rings. The van der Waals surface area contributed by atoms with Crippen LogP contribution in [-0.4, -0.2) is 28.4 Å². The molecule has 0 aliphatic heterocycles. The Balaban J connectivity index is 2.07. The number of hydrogen-bond acceptors (Lipinski definition) is 5. The summed E-state index contributed by atoms with van der Waals surface area (Å²) in [4.78, 5) is 25.4. The van der Waals surface area contributed by atoms with E-state index in [2.05, 4.69) is 12.1 Å². The molecule has 0 amide bonds. The van der Waals surface area contributed by atoms with Gasteiger partial charge in [0.15, 0.2) is 0 Å². The van der Waals surface area contributed by atoms with Crippen LogP contribution in [0.15, 0.2) is 30.3 Å². The summed E-state index contributed by atoms with van der Waals surface area (Å²) in [5.41, 5.74) is 0.118. The van der Waals surface area contributed by atoms with Crippen LogP contribution in [0.25, 0.3) is 0 Å². The quantitative estimate of drug-likeness (QED) is 0.660. The summed E-state index contributed by atoms with van der Waals surface area (Å²) in [5, 5.41) is 0.236. The maximum Gasteiger partial charge on any atom is 0.310 e. The number of rotatable bonds is 5. The first-order chi connectivity index (χ1) is 12.4. The monoisotopic (exact) mass is 392 g/mol. The molecule has 0 radical (unpaired) electrons. The van der Waals surface area contributed by atoms with Gasteiger partial charge >= 0.3 is 11.9 Å². The maximum absolute atomic E-state index is 12.7. The van der Waals surface area contributed by atoms with Crippen molar-refractivity contribution in [1.82, 2.24) is 0 Å². The van der Waals surface area contributed by atoms with Gasteiger partial charge < -0.3 is 9.47 Å². The lowest BCUT2D eigenvalue weighted by Crippen LogP contribution is -2.36. The molecule has 1 aromatic carbocycles. The third-order valence-corrected chi connectivity index (χ3v) is 5.62. The van der Waals surface area contributed by atoms with Crippen LogP contribution in [0.3, 0.4) is 0 Å². The van der Waals surface area contributed by atoms with E-state index in [1.54, 1.807) is 11.8 Å². The topological polar surface area (TPSA) is 52.6 Å². The van der Waals surface area contributed by atoms with Crippen LogP contribution < -0.4 is 0 Å². The van der Waals surface area contributed by atoms with Crippen LogP contribution in [0.1, 0.15) is 59.9 Å². The van der Waals surface area contributed by atoms with E-state index in [1.807, 2.05) is 59.7 Å². The maximum atomic E-state index is 12.7. The fourth-order valence-corrected chi connectivity index (χ4v) is 4.50. The van der Waals surface area contributed by atoms with E-state index in [1.165, 1.54) is 5.56 Å². The highest BCUT2D eigenvalue weighted by Crippen LogP contribution is 2.42. The minimum Gasteiger partial charge on any atom is -0.460 e. The Morgan fingerprint density at radius 3 is 1.74 bits per heavy atom. The van der Waals surface area contributed by atoms with E-state index in [4.69, 9.17) is 9.47 Å². The standard InChI is InChI=1S/C22H32O4S/c1-21(2,3)25-19(23)17-12-16(27-14-15-10-8-7-9-11-15)13-18(17)20(24)26-22(4,5)6/h7-11,16-18H,12-14H2,1-6H3/t16-,17+,18?/m0/s1. The predicted octanol–water partition coefficient (Wildman–Crippen LogP) is 5.00. The first-order valence-electron chi connectivity index (χ1n) is 9.56. The van der Waals surface area contributed by atoms with Crippen molar-refractivity contribution < 1.29 is 19.1 Å². The van der Waals surface area contributed by atoms with Crippen molar-refractivity contribution in [2.45, 2.75) is 76.6 Å². The van der Waals surface area contributed by atoms with Gasteiger partial charge in [0.2, 0.25) is 0 Å². The summed E-state index contributed by atoms with van der Waals surface area (Å²) in [6.45, 7) is 11.1. The first kappa shape index (κ1) is 21.8. The van der Waals surface area contributed by atoms with Gasteiger partial charge in [0.1, 0.15) is 11.2 Å². The zero-order chi connectivity index (χ0) is 20.2. The Morgan fingerprint density at radius 1 is 0.889 bits per heavy atom. The molecule has 0 bridgehead atoms. The second-order valence-electron chi connectivity index (χ2n) is 9.17.